The van der Waals surface area contributed by atoms with E-state index in [2.05, 4.69) is 13.2 Å². The molecule has 0 aromatic carbocycles. The molecule has 2 unspecified atom stereocenters. The minimum absolute atomic E-state index is 0.190. The number of carbonyl (C=O) groups excluding carboxylic acids is 3. The van der Waals surface area contributed by atoms with Crippen LogP contribution in [-0.2, 0) is 23.9 Å². The summed E-state index contributed by atoms with van der Waals surface area (Å²) in [5.41, 5.74) is -1.64. The van der Waals surface area contributed by atoms with Crippen molar-refractivity contribution >= 4 is 17.8 Å². The van der Waals surface area contributed by atoms with Crippen LogP contribution in [0.15, 0.2) is 25.3 Å². The Labute approximate surface area is 209 Å². The van der Waals surface area contributed by atoms with Gasteiger partial charge in [0.05, 0.1) is 37.2 Å². The molecule has 0 aliphatic carbocycles. The normalized spacial score (nSPS) is 30.4. The van der Waals surface area contributed by atoms with E-state index in [1.165, 1.54) is 0 Å². The molecule has 6 atom stereocenters. The number of hydrogen-bond donors (Lipinski definition) is 1. The Hall–Kier alpha value is -2.19. The van der Waals surface area contributed by atoms with E-state index in [9.17, 15) is 19.5 Å². The molecule has 1 spiro atoms. The Morgan fingerprint density at radius 1 is 1.31 bits per heavy atom. The molecule has 8 nitrogen and oxygen atoms in total. The first-order valence-electron chi connectivity index (χ1n) is 12.7. The minimum atomic E-state index is -1.12. The van der Waals surface area contributed by atoms with Gasteiger partial charge in [-0.3, -0.25) is 14.4 Å². The first kappa shape index (κ1) is 27.4. The summed E-state index contributed by atoms with van der Waals surface area (Å²) in [6.45, 7) is 17.5. The highest BCUT2D eigenvalue weighted by Crippen LogP contribution is 2.59. The Balaban J connectivity index is 2.08. The number of aliphatic hydroxyl groups is 1. The van der Waals surface area contributed by atoms with E-state index in [0.29, 0.717) is 32.2 Å². The Morgan fingerprint density at radius 2 is 2.00 bits per heavy atom. The van der Waals surface area contributed by atoms with Crippen molar-refractivity contribution in [2.75, 3.05) is 19.8 Å². The van der Waals surface area contributed by atoms with Crippen molar-refractivity contribution in [2.24, 2.45) is 17.8 Å². The van der Waals surface area contributed by atoms with Crippen LogP contribution < -0.4 is 0 Å². The van der Waals surface area contributed by atoms with E-state index < -0.39 is 47.1 Å². The van der Waals surface area contributed by atoms with Gasteiger partial charge in [0.15, 0.2) is 0 Å². The van der Waals surface area contributed by atoms with E-state index in [0.717, 1.165) is 0 Å². The van der Waals surface area contributed by atoms with Crippen LogP contribution in [0.2, 0.25) is 0 Å². The molecule has 2 bridgehead atoms. The molecule has 2 amide bonds. The molecule has 3 aliphatic rings. The molecule has 0 saturated carbocycles. The summed E-state index contributed by atoms with van der Waals surface area (Å²) >= 11 is 0. The summed E-state index contributed by atoms with van der Waals surface area (Å²) in [6, 6.07) is -1.48. The standard InChI is InChI=1S/C27H42N2O6/c1-8-10-14-34-25(33)20-19-11-12-27(35-19)21(20)23(31)29(18(16-30)15-17(3)4)22(27)24(32)28(13-9-2)26(5,6)7/h8-9,17-22,30H,1-2,10-16H2,3-7H3/t18-,19-,20+,21+,22?,27?/m1/s1. The molecule has 0 radical (unpaired) electrons. The molecule has 35 heavy (non-hydrogen) atoms. The van der Waals surface area contributed by atoms with Crippen molar-refractivity contribution in [1.29, 1.82) is 0 Å². The van der Waals surface area contributed by atoms with E-state index in [-0.39, 0.29) is 30.9 Å². The number of amides is 2. The molecule has 196 valence electrons. The molecular weight excluding hydrogens is 448 g/mol. The van der Waals surface area contributed by atoms with Gasteiger partial charge in [-0.05, 0) is 52.4 Å². The fourth-order valence-corrected chi connectivity index (χ4v) is 6.16. The third-order valence-corrected chi connectivity index (χ3v) is 7.55. The van der Waals surface area contributed by atoms with Crippen LogP contribution in [0.3, 0.4) is 0 Å². The molecule has 3 rings (SSSR count). The monoisotopic (exact) mass is 490 g/mol. The lowest BCUT2D eigenvalue weighted by Crippen LogP contribution is -2.61. The van der Waals surface area contributed by atoms with Crippen molar-refractivity contribution < 1.29 is 29.0 Å². The number of likely N-dealkylation sites (tertiary alicyclic amines) is 1. The van der Waals surface area contributed by atoms with Gasteiger partial charge in [0.2, 0.25) is 11.8 Å². The summed E-state index contributed by atoms with van der Waals surface area (Å²) in [4.78, 5) is 44.7. The Kier molecular flexibility index (Phi) is 8.16. The van der Waals surface area contributed by atoms with Crippen LogP contribution in [-0.4, -0.2) is 81.8 Å². The van der Waals surface area contributed by atoms with Gasteiger partial charge in [0.25, 0.3) is 0 Å². The van der Waals surface area contributed by atoms with Gasteiger partial charge in [-0.15, -0.1) is 13.2 Å². The molecule has 3 aliphatic heterocycles. The highest BCUT2D eigenvalue weighted by Gasteiger charge is 2.75. The van der Waals surface area contributed by atoms with Gasteiger partial charge in [0.1, 0.15) is 11.6 Å². The third kappa shape index (κ3) is 4.79. The smallest absolute Gasteiger partial charge is 0.312 e. The number of ether oxygens (including phenoxy) is 2. The highest BCUT2D eigenvalue weighted by atomic mass is 16.6. The second kappa shape index (κ2) is 10.4. The molecule has 3 heterocycles. The predicted octanol–water partition coefficient (Wildman–Crippen LogP) is 2.70. The number of esters is 1. The summed E-state index contributed by atoms with van der Waals surface area (Å²) in [5.74, 6) is -2.38. The van der Waals surface area contributed by atoms with Crippen molar-refractivity contribution in [3.05, 3.63) is 25.3 Å². The summed E-state index contributed by atoms with van der Waals surface area (Å²) in [7, 11) is 0. The first-order valence-corrected chi connectivity index (χ1v) is 12.7. The third-order valence-electron chi connectivity index (χ3n) is 7.55. The first-order chi connectivity index (χ1) is 16.4. The molecule has 3 saturated heterocycles. The second-order valence-corrected chi connectivity index (χ2v) is 11.4. The summed E-state index contributed by atoms with van der Waals surface area (Å²) in [5, 5.41) is 10.3. The maximum atomic E-state index is 14.3. The minimum Gasteiger partial charge on any atom is -0.465 e. The molecule has 3 fully saturated rings. The number of nitrogens with zero attached hydrogens (tertiary/aromatic N) is 2. The number of aliphatic hydroxyl groups excluding tert-OH is 1. The highest BCUT2D eigenvalue weighted by molar-refractivity contribution is 5.98. The summed E-state index contributed by atoms with van der Waals surface area (Å²) in [6.07, 6.45) is 5.01. The molecule has 0 aromatic rings. The van der Waals surface area contributed by atoms with Gasteiger partial charge >= 0.3 is 5.97 Å². The molecule has 1 N–H and O–H groups in total. The van der Waals surface area contributed by atoms with Crippen LogP contribution in [0.5, 0.6) is 0 Å². The number of carbonyl (C=O) groups is 3. The lowest BCUT2D eigenvalue weighted by Gasteiger charge is -2.43. The average molecular weight is 491 g/mol. The zero-order chi connectivity index (χ0) is 26.1. The number of rotatable bonds is 11. The van der Waals surface area contributed by atoms with Gasteiger partial charge in [-0.2, -0.15) is 0 Å². The van der Waals surface area contributed by atoms with E-state index >= 15 is 0 Å². The maximum Gasteiger partial charge on any atom is 0.312 e. The van der Waals surface area contributed by atoms with Crippen LogP contribution in [0, 0.1) is 17.8 Å². The fourth-order valence-electron chi connectivity index (χ4n) is 6.16. The van der Waals surface area contributed by atoms with Gasteiger partial charge < -0.3 is 24.4 Å². The van der Waals surface area contributed by atoms with Gasteiger partial charge in [-0.1, -0.05) is 26.0 Å². The number of hydrogen-bond acceptors (Lipinski definition) is 6. The van der Waals surface area contributed by atoms with Crippen molar-refractivity contribution in [3.8, 4) is 0 Å². The fraction of sp³-hybridized carbons (Fsp3) is 0.741. The van der Waals surface area contributed by atoms with E-state index in [1.807, 2.05) is 34.6 Å². The van der Waals surface area contributed by atoms with Crippen LogP contribution in [0.4, 0.5) is 0 Å². The van der Waals surface area contributed by atoms with Crippen molar-refractivity contribution in [3.63, 3.8) is 0 Å². The van der Waals surface area contributed by atoms with Gasteiger partial charge in [-0.25, -0.2) is 0 Å². The van der Waals surface area contributed by atoms with Crippen molar-refractivity contribution in [1.82, 2.24) is 9.80 Å². The van der Waals surface area contributed by atoms with Crippen LogP contribution >= 0.6 is 0 Å². The SMILES string of the molecule is C=CCCOC(=O)[C@@H]1[C@H]2C(=O)N([C@@H](CO)CC(C)C)C(C(=O)N(CC=C)C(C)(C)C)C23CC[C@H]1O3. The number of fused-ring (bicyclic) bond motifs is 1. The lowest BCUT2D eigenvalue weighted by atomic mass is 9.70. The zero-order valence-corrected chi connectivity index (χ0v) is 21.9. The largest absolute Gasteiger partial charge is 0.465 e. The van der Waals surface area contributed by atoms with Crippen LogP contribution in [0.25, 0.3) is 0 Å². The predicted molar refractivity (Wildman–Crippen MR) is 132 cm³/mol. The van der Waals surface area contributed by atoms with E-state index in [4.69, 9.17) is 9.47 Å². The molecule has 8 heteroatoms. The summed E-state index contributed by atoms with van der Waals surface area (Å²) < 4.78 is 11.9. The Bertz CT molecular complexity index is 849. The zero-order valence-electron chi connectivity index (χ0n) is 21.9. The second-order valence-electron chi connectivity index (χ2n) is 11.4. The van der Waals surface area contributed by atoms with Crippen LogP contribution in [0.1, 0.15) is 60.3 Å². The average Bonchev–Trinajstić information content (AvgIpc) is 3.42. The molecule has 0 aromatic heterocycles. The van der Waals surface area contributed by atoms with Crippen molar-refractivity contribution in [2.45, 2.75) is 89.6 Å². The van der Waals surface area contributed by atoms with E-state index in [1.54, 1.807) is 22.0 Å². The Morgan fingerprint density at radius 3 is 2.54 bits per heavy atom. The lowest BCUT2D eigenvalue weighted by molar-refractivity contribution is -0.157. The quantitative estimate of drug-likeness (QED) is 0.272. The molecular formula is C27H42N2O6. The topological polar surface area (TPSA) is 96.4 Å². The van der Waals surface area contributed by atoms with Gasteiger partial charge in [0, 0.05) is 12.1 Å². The maximum absolute atomic E-state index is 14.3.